The number of nitrogens with zero attached hydrogens (tertiary/aromatic N) is 4. The second-order valence-electron chi connectivity index (χ2n) is 6.19. The molecule has 2 aromatic carbocycles. The summed E-state index contributed by atoms with van der Waals surface area (Å²) in [5.41, 5.74) is 2.62. The van der Waals surface area contributed by atoms with E-state index >= 15 is 0 Å². The second-order valence-corrected chi connectivity index (χ2v) is 6.19. The fourth-order valence-corrected chi connectivity index (χ4v) is 3.06. The molecule has 1 aliphatic heterocycles. The van der Waals surface area contributed by atoms with Gasteiger partial charge in [0.15, 0.2) is 5.82 Å². The molecule has 4 rings (SSSR count). The summed E-state index contributed by atoms with van der Waals surface area (Å²) in [6.07, 6.45) is 0.863. The van der Waals surface area contributed by atoms with E-state index in [0.717, 1.165) is 17.5 Å². The molecule has 2 heterocycles. The van der Waals surface area contributed by atoms with Crippen LogP contribution >= 0.6 is 0 Å². The Morgan fingerprint density at radius 2 is 2.15 bits per heavy atom. The third-order valence-electron chi connectivity index (χ3n) is 4.45. The monoisotopic (exact) mass is 406 g/mol. The van der Waals surface area contributed by atoms with Crippen molar-refractivity contribution in [1.29, 1.82) is 0 Å². The van der Waals surface area contributed by atoms with Crippen LogP contribution in [0, 0.1) is 6.07 Å². The van der Waals surface area contributed by atoms with E-state index in [2.05, 4.69) is 32.0 Å². The van der Waals surface area contributed by atoms with E-state index in [1.807, 2.05) is 23.1 Å². The molecule has 0 spiro atoms. The average molecular weight is 406 g/mol. The smallest absolute Gasteiger partial charge is 0.228 e. The van der Waals surface area contributed by atoms with Gasteiger partial charge in [0.2, 0.25) is 5.91 Å². The quantitative estimate of drug-likeness (QED) is 0.317. The van der Waals surface area contributed by atoms with Crippen molar-refractivity contribution in [2.75, 3.05) is 11.4 Å². The fraction of sp³-hybridized carbons (Fsp3) is 0.294. The number of aromatic amines is 1. The van der Waals surface area contributed by atoms with Crippen molar-refractivity contribution < 1.29 is 21.9 Å². The molecule has 10 heteroatoms. The van der Waals surface area contributed by atoms with Crippen LogP contribution in [0.2, 0.25) is 0 Å². The number of carbonyl (C=O) groups excluding carboxylic acids is 1. The normalized spacial score (nSPS) is 13.1. The molecule has 0 atom stereocenters. The van der Waals surface area contributed by atoms with Gasteiger partial charge in [-0.25, -0.2) is 0 Å². The van der Waals surface area contributed by atoms with E-state index in [-0.39, 0.29) is 29.4 Å². The summed E-state index contributed by atoms with van der Waals surface area (Å²) in [5.74, 6) is 0.150. The minimum atomic E-state index is -0.552. The van der Waals surface area contributed by atoms with Crippen molar-refractivity contribution in [3.63, 3.8) is 0 Å². The third kappa shape index (κ3) is 3.96. The van der Waals surface area contributed by atoms with Gasteiger partial charge >= 0.3 is 0 Å². The van der Waals surface area contributed by atoms with E-state index in [1.165, 1.54) is 5.56 Å². The number of tetrazole rings is 1. The molecule has 9 nitrogen and oxygen atoms in total. The van der Waals surface area contributed by atoms with Crippen LogP contribution in [0.4, 0.5) is 5.69 Å². The number of hydrogen-bond donors (Lipinski definition) is 2. The summed E-state index contributed by atoms with van der Waals surface area (Å²) in [7, 11) is 0. The van der Waals surface area contributed by atoms with Crippen LogP contribution in [-0.4, -0.2) is 33.1 Å². The van der Waals surface area contributed by atoms with Gasteiger partial charge < -0.3 is 19.8 Å². The molecule has 27 heavy (non-hydrogen) atoms. The topological polar surface area (TPSA) is 121 Å². The van der Waals surface area contributed by atoms with Gasteiger partial charge in [-0.15, -0.1) is 16.3 Å². The summed E-state index contributed by atoms with van der Waals surface area (Å²) in [6, 6.07) is 8.58. The fourth-order valence-electron chi connectivity index (χ4n) is 3.06. The molecule has 1 amide bonds. The van der Waals surface area contributed by atoms with Gasteiger partial charge in [0.25, 0.3) is 0 Å². The number of benzene rings is 1. The van der Waals surface area contributed by atoms with Crippen molar-refractivity contribution in [1.82, 2.24) is 25.9 Å². The molecular formula is C17H15MnN6O3-. The third-order valence-corrected chi connectivity index (χ3v) is 4.45. The SMILES string of the molecule is O=C(Cc1nn[nH]n1)NCc1ccc2c(c1)CN(c1[c-]c(=O)c1=O)CC2.[Mn]. The second kappa shape index (κ2) is 7.81. The zero-order valence-electron chi connectivity index (χ0n) is 14.2. The molecule has 0 saturated carbocycles. The molecule has 139 valence electrons. The predicted molar refractivity (Wildman–Crippen MR) is 91.1 cm³/mol. The molecule has 1 radical (unpaired) electrons. The Kier molecular flexibility index (Phi) is 5.48. The summed E-state index contributed by atoms with van der Waals surface area (Å²) in [5, 5.41) is 16.0. The number of fused-ring (bicyclic) bond motifs is 1. The van der Waals surface area contributed by atoms with Crippen LogP contribution < -0.4 is 21.1 Å². The summed E-state index contributed by atoms with van der Waals surface area (Å²) >= 11 is 0. The van der Waals surface area contributed by atoms with Crippen LogP contribution in [0.5, 0.6) is 0 Å². The van der Waals surface area contributed by atoms with Gasteiger partial charge in [-0.1, -0.05) is 23.4 Å². The molecule has 0 bridgehead atoms. The number of rotatable bonds is 5. The van der Waals surface area contributed by atoms with Crippen molar-refractivity contribution in [3.05, 3.63) is 67.2 Å². The Hall–Kier alpha value is -2.84. The first kappa shape index (κ1) is 18.9. The maximum atomic E-state index is 11.9. The molecular weight excluding hydrogens is 391 g/mol. The molecule has 1 aromatic heterocycles. The minimum Gasteiger partial charge on any atom is -0.385 e. The van der Waals surface area contributed by atoms with E-state index in [4.69, 9.17) is 0 Å². The molecule has 3 aromatic rings. The first-order valence-electron chi connectivity index (χ1n) is 8.17. The van der Waals surface area contributed by atoms with Crippen molar-refractivity contribution in [2.45, 2.75) is 25.9 Å². The standard InChI is InChI=1S/C17H15N6O3.Mn/c24-14-6-13(17(14)26)23-4-3-11-2-1-10(5-12(11)9-23)8-18-16(25)7-15-19-21-22-20-15;/h1-2,5H,3-4,7-9H2,(H,18,25)(H,19,20,21,22);/q-1;. The van der Waals surface area contributed by atoms with E-state index in [1.54, 1.807) is 0 Å². The van der Waals surface area contributed by atoms with Gasteiger partial charge in [0.05, 0.1) is 6.42 Å². The van der Waals surface area contributed by atoms with Crippen LogP contribution in [-0.2, 0) is 47.8 Å². The maximum absolute atomic E-state index is 11.9. The van der Waals surface area contributed by atoms with Crippen molar-refractivity contribution >= 4 is 11.6 Å². The molecule has 0 saturated heterocycles. The molecule has 0 fully saturated rings. The Labute approximate surface area is 164 Å². The Morgan fingerprint density at radius 1 is 1.30 bits per heavy atom. The Morgan fingerprint density at radius 3 is 2.85 bits per heavy atom. The van der Waals surface area contributed by atoms with Gasteiger partial charge in [0.1, 0.15) is 10.9 Å². The van der Waals surface area contributed by atoms with Crippen LogP contribution in [0.15, 0.2) is 27.8 Å². The van der Waals surface area contributed by atoms with E-state index in [0.29, 0.717) is 31.1 Å². The van der Waals surface area contributed by atoms with Crippen molar-refractivity contribution in [3.8, 4) is 0 Å². The number of nitrogens with one attached hydrogen (secondary N) is 2. The summed E-state index contributed by atoms with van der Waals surface area (Å²) in [4.78, 5) is 36.5. The zero-order chi connectivity index (χ0) is 18.1. The Bertz CT molecular complexity index is 1030. The van der Waals surface area contributed by atoms with Gasteiger partial charge in [-0.2, -0.15) is 5.21 Å². The van der Waals surface area contributed by atoms with E-state index < -0.39 is 10.9 Å². The number of anilines is 1. The van der Waals surface area contributed by atoms with Crippen LogP contribution in [0.1, 0.15) is 22.5 Å². The van der Waals surface area contributed by atoms with Crippen LogP contribution in [0.25, 0.3) is 0 Å². The maximum Gasteiger partial charge on any atom is 0.228 e. The predicted octanol–water partition coefficient (Wildman–Crippen LogP) is -0.985. The first-order valence-corrected chi connectivity index (χ1v) is 8.17. The van der Waals surface area contributed by atoms with Gasteiger partial charge in [-0.3, -0.25) is 4.79 Å². The molecule has 0 aliphatic carbocycles. The first-order chi connectivity index (χ1) is 12.6. The van der Waals surface area contributed by atoms with Crippen molar-refractivity contribution in [2.24, 2.45) is 0 Å². The number of aromatic nitrogens is 4. The molecule has 0 unspecified atom stereocenters. The van der Waals surface area contributed by atoms with Gasteiger partial charge in [0, 0.05) is 36.7 Å². The number of amides is 1. The zero-order valence-corrected chi connectivity index (χ0v) is 15.3. The number of carbonyl (C=O) groups is 1. The van der Waals surface area contributed by atoms with Crippen LogP contribution in [0.3, 0.4) is 0 Å². The number of hydrogen-bond acceptors (Lipinski definition) is 7. The Balaban J connectivity index is 0.00000210. The summed E-state index contributed by atoms with van der Waals surface area (Å²) in [6.45, 7) is 1.63. The summed E-state index contributed by atoms with van der Waals surface area (Å²) < 4.78 is 0. The number of H-pyrrole nitrogens is 1. The minimum absolute atomic E-state index is 0. The van der Waals surface area contributed by atoms with Gasteiger partial charge in [-0.05, 0) is 28.8 Å². The molecule has 2 N–H and O–H groups in total. The average Bonchev–Trinajstić information content (AvgIpc) is 3.16. The largest absolute Gasteiger partial charge is 0.385 e. The molecule has 1 aliphatic rings. The van der Waals surface area contributed by atoms with E-state index in [9.17, 15) is 14.4 Å².